The van der Waals surface area contributed by atoms with Gasteiger partial charge in [0.1, 0.15) is 17.6 Å². The van der Waals surface area contributed by atoms with Crippen LogP contribution in [0.2, 0.25) is 0 Å². The normalized spacial score (nSPS) is 24.0. The summed E-state index contributed by atoms with van der Waals surface area (Å²) in [7, 11) is 0. The fraction of sp³-hybridized carbons (Fsp3) is 0.304. The van der Waals surface area contributed by atoms with Gasteiger partial charge < -0.3 is 5.11 Å². The number of fused-ring (bicyclic) bond motifs is 1. The quantitative estimate of drug-likeness (QED) is 0.625. The van der Waals surface area contributed by atoms with Gasteiger partial charge in [-0.05, 0) is 47.4 Å². The van der Waals surface area contributed by atoms with Crippen LogP contribution < -0.4 is 0 Å². The van der Waals surface area contributed by atoms with Gasteiger partial charge in [0.05, 0.1) is 11.8 Å². The van der Waals surface area contributed by atoms with Gasteiger partial charge in [-0.25, -0.2) is 9.37 Å². The van der Waals surface area contributed by atoms with E-state index in [0.29, 0.717) is 29.1 Å². The number of alkyl halides is 1. The molecule has 0 aliphatic heterocycles. The second-order valence-corrected chi connectivity index (χ2v) is 7.91. The van der Waals surface area contributed by atoms with Crippen molar-refractivity contribution in [1.29, 1.82) is 0 Å². The Morgan fingerprint density at radius 2 is 2.10 bits per heavy atom. The molecule has 0 amide bonds. The van der Waals surface area contributed by atoms with E-state index in [2.05, 4.69) is 40.6 Å². The first-order chi connectivity index (χ1) is 13.9. The third-order valence-corrected chi connectivity index (χ3v) is 5.89. The lowest BCUT2D eigenvalue weighted by Crippen LogP contribution is -2.29. The van der Waals surface area contributed by atoms with Gasteiger partial charge in [0.25, 0.3) is 0 Å². The Morgan fingerprint density at radius 3 is 2.83 bits per heavy atom. The highest BCUT2D eigenvalue weighted by atomic mass is 19.1. The summed E-state index contributed by atoms with van der Waals surface area (Å²) in [6.45, 7) is 8.31. The number of benzene rings is 1. The van der Waals surface area contributed by atoms with Crippen LogP contribution in [0.1, 0.15) is 32.4 Å². The molecule has 1 aliphatic carbocycles. The SMILES string of the molecule is C=C(c1cnc(-c2cc3ccncc3cc2O)nn1)[C@H]1C[C@@](C)(CC)C=C[C@@H]1F. The standard InChI is InChI=1S/C23H23FN4O/c1-4-23(3)7-5-19(24)18(11-23)14(2)20-13-26-22(28-27-20)17-9-15-6-8-25-12-16(15)10-21(17)29/h5-10,12-13,18-19,29H,2,4,11H2,1,3H3/t18-,19+,23+/m1/s1. The van der Waals surface area contributed by atoms with Crippen molar-refractivity contribution < 1.29 is 9.50 Å². The summed E-state index contributed by atoms with van der Waals surface area (Å²) in [6.07, 6.45) is 9.01. The largest absolute Gasteiger partial charge is 0.507 e. The molecule has 1 N–H and O–H groups in total. The number of hydrogen-bond donors (Lipinski definition) is 1. The minimum absolute atomic E-state index is 0.0528. The van der Waals surface area contributed by atoms with Gasteiger partial charge in [-0.1, -0.05) is 32.6 Å². The van der Waals surface area contributed by atoms with Gasteiger partial charge in [-0.15, -0.1) is 10.2 Å². The Bertz CT molecular complexity index is 1100. The number of hydrogen-bond acceptors (Lipinski definition) is 5. The van der Waals surface area contributed by atoms with Crippen LogP contribution >= 0.6 is 0 Å². The Kier molecular flexibility index (Phi) is 4.86. The van der Waals surface area contributed by atoms with Crippen molar-refractivity contribution in [2.45, 2.75) is 32.9 Å². The minimum Gasteiger partial charge on any atom is -0.507 e. The first kappa shape index (κ1) is 19.2. The molecule has 0 spiro atoms. The molecular formula is C23H23FN4O. The number of aromatic hydroxyl groups is 1. The smallest absolute Gasteiger partial charge is 0.185 e. The van der Waals surface area contributed by atoms with E-state index in [4.69, 9.17) is 0 Å². The van der Waals surface area contributed by atoms with Gasteiger partial charge in [-0.2, -0.15) is 0 Å². The fourth-order valence-electron chi connectivity index (χ4n) is 3.76. The fourth-order valence-corrected chi connectivity index (χ4v) is 3.76. The van der Waals surface area contributed by atoms with Gasteiger partial charge in [0.15, 0.2) is 5.82 Å². The highest BCUT2D eigenvalue weighted by Gasteiger charge is 2.35. The van der Waals surface area contributed by atoms with Crippen molar-refractivity contribution in [2.24, 2.45) is 11.3 Å². The molecule has 0 radical (unpaired) electrons. The van der Waals surface area contributed by atoms with Crippen molar-refractivity contribution in [1.82, 2.24) is 20.2 Å². The first-order valence-electron chi connectivity index (χ1n) is 9.69. The van der Waals surface area contributed by atoms with Gasteiger partial charge in [0, 0.05) is 23.7 Å². The molecule has 0 bridgehead atoms. The van der Waals surface area contributed by atoms with Crippen LogP contribution in [0, 0.1) is 11.3 Å². The van der Waals surface area contributed by atoms with Crippen molar-refractivity contribution in [3.05, 3.63) is 61.2 Å². The van der Waals surface area contributed by atoms with Crippen LogP contribution in [-0.4, -0.2) is 31.4 Å². The summed E-state index contributed by atoms with van der Waals surface area (Å²) in [5, 5.41) is 20.5. The molecule has 0 saturated carbocycles. The maximum atomic E-state index is 14.6. The molecule has 2 heterocycles. The van der Waals surface area contributed by atoms with Gasteiger partial charge in [0.2, 0.25) is 0 Å². The van der Waals surface area contributed by atoms with E-state index in [1.807, 2.05) is 12.1 Å². The third kappa shape index (κ3) is 3.62. The molecule has 3 atom stereocenters. The van der Waals surface area contributed by atoms with Gasteiger partial charge in [-0.3, -0.25) is 4.98 Å². The predicted octanol–water partition coefficient (Wildman–Crippen LogP) is 5.14. The van der Waals surface area contributed by atoms with Crippen LogP contribution in [-0.2, 0) is 0 Å². The Morgan fingerprint density at radius 1 is 1.28 bits per heavy atom. The molecule has 0 fully saturated rings. The number of rotatable bonds is 4. The third-order valence-electron chi connectivity index (χ3n) is 5.89. The lowest BCUT2D eigenvalue weighted by Gasteiger charge is -2.35. The summed E-state index contributed by atoms with van der Waals surface area (Å²) < 4.78 is 14.6. The van der Waals surface area contributed by atoms with Crippen LogP contribution in [0.4, 0.5) is 4.39 Å². The van der Waals surface area contributed by atoms with E-state index < -0.39 is 6.17 Å². The predicted molar refractivity (Wildman–Crippen MR) is 112 cm³/mol. The lowest BCUT2D eigenvalue weighted by molar-refractivity contribution is 0.225. The number of aromatic nitrogens is 4. The number of allylic oxidation sites excluding steroid dienone is 3. The van der Waals surface area contributed by atoms with Gasteiger partial charge >= 0.3 is 0 Å². The molecule has 1 aromatic carbocycles. The van der Waals surface area contributed by atoms with E-state index in [9.17, 15) is 9.50 Å². The minimum atomic E-state index is -1.10. The summed E-state index contributed by atoms with van der Waals surface area (Å²) in [5.74, 6) is 0.00352. The first-order valence-corrected chi connectivity index (χ1v) is 9.69. The molecule has 148 valence electrons. The van der Waals surface area contributed by atoms with Crippen LogP contribution in [0.5, 0.6) is 5.75 Å². The van der Waals surface area contributed by atoms with E-state index in [1.54, 1.807) is 36.8 Å². The number of nitrogens with zero attached hydrogens (tertiary/aromatic N) is 4. The average Bonchev–Trinajstić information content (AvgIpc) is 2.75. The lowest BCUT2D eigenvalue weighted by atomic mass is 9.70. The van der Waals surface area contributed by atoms with Crippen molar-refractivity contribution >= 4 is 16.3 Å². The summed E-state index contributed by atoms with van der Waals surface area (Å²) in [5.41, 5.74) is 1.50. The molecular weight excluding hydrogens is 367 g/mol. The molecule has 5 nitrogen and oxygen atoms in total. The topological polar surface area (TPSA) is 71.8 Å². The second kappa shape index (κ2) is 7.35. The molecule has 0 unspecified atom stereocenters. The summed E-state index contributed by atoms with van der Waals surface area (Å²) in [4.78, 5) is 8.42. The summed E-state index contributed by atoms with van der Waals surface area (Å²) >= 11 is 0. The zero-order chi connectivity index (χ0) is 20.6. The van der Waals surface area contributed by atoms with E-state index in [0.717, 1.165) is 17.2 Å². The molecule has 3 aromatic rings. The number of phenolic OH excluding ortho intramolecular Hbond substituents is 1. The molecule has 4 rings (SSSR count). The van der Waals surface area contributed by atoms with Crippen molar-refractivity contribution in [2.75, 3.05) is 0 Å². The van der Waals surface area contributed by atoms with E-state index in [-0.39, 0.29) is 17.1 Å². The van der Waals surface area contributed by atoms with Crippen molar-refractivity contribution in [3.8, 4) is 17.1 Å². The zero-order valence-corrected chi connectivity index (χ0v) is 16.5. The maximum Gasteiger partial charge on any atom is 0.185 e. The Labute approximate surface area is 169 Å². The Hall–Kier alpha value is -3.15. The number of phenols is 1. The number of halogens is 1. The van der Waals surface area contributed by atoms with Crippen LogP contribution in [0.3, 0.4) is 0 Å². The maximum absolute atomic E-state index is 14.6. The monoisotopic (exact) mass is 390 g/mol. The highest BCUT2D eigenvalue weighted by Crippen LogP contribution is 2.43. The number of pyridine rings is 1. The molecule has 6 heteroatoms. The molecule has 2 aromatic heterocycles. The average molecular weight is 390 g/mol. The molecule has 29 heavy (non-hydrogen) atoms. The van der Waals surface area contributed by atoms with E-state index >= 15 is 0 Å². The van der Waals surface area contributed by atoms with Crippen LogP contribution in [0.25, 0.3) is 27.7 Å². The second-order valence-electron chi connectivity index (χ2n) is 7.91. The summed E-state index contributed by atoms with van der Waals surface area (Å²) in [6, 6.07) is 5.28. The molecule has 1 aliphatic rings. The van der Waals surface area contributed by atoms with Crippen molar-refractivity contribution in [3.63, 3.8) is 0 Å². The Balaban J connectivity index is 1.62. The highest BCUT2D eigenvalue weighted by molar-refractivity contribution is 5.88. The van der Waals surface area contributed by atoms with E-state index in [1.165, 1.54) is 0 Å². The molecule has 0 saturated heterocycles. The van der Waals surface area contributed by atoms with Crippen LogP contribution in [0.15, 0.2) is 55.5 Å². The zero-order valence-electron chi connectivity index (χ0n) is 16.5.